The molecule has 0 aliphatic heterocycles. The molecule has 0 aromatic heterocycles. The molecular formula is C25H30N2O6. The molecular weight excluding hydrogens is 424 g/mol. The minimum atomic E-state index is -1.28. The minimum Gasteiger partial charge on any atom is -0.481 e. The number of alkyl carbamates (subject to hydrolysis) is 1. The van der Waals surface area contributed by atoms with E-state index in [1.807, 2.05) is 48.5 Å². The molecule has 33 heavy (non-hydrogen) atoms. The van der Waals surface area contributed by atoms with Gasteiger partial charge in [0.15, 0.2) is 0 Å². The Balaban J connectivity index is 1.66. The van der Waals surface area contributed by atoms with Crippen molar-refractivity contribution in [3.63, 3.8) is 0 Å². The maximum atomic E-state index is 12.7. The smallest absolute Gasteiger partial charge is 0.407 e. The fourth-order valence-corrected chi connectivity index (χ4v) is 3.83. The number of hydrogen-bond acceptors (Lipinski definition) is 5. The van der Waals surface area contributed by atoms with Gasteiger partial charge < -0.3 is 25.2 Å². The molecule has 0 fully saturated rings. The zero-order valence-corrected chi connectivity index (χ0v) is 19.3. The number of nitrogens with one attached hydrogen (secondary N) is 2. The number of rotatable bonds is 9. The second-order valence-corrected chi connectivity index (χ2v) is 8.66. The highest BCUT2D eigenvalue weighted by Gasteiger charge is 2.32. The van der Waals surface area contributed by atoms with Gasteiger partial charge in [0, 0.05) is 13.0 Å². The van der Waals surface area contributed by atoms with E-state index in [1.54, 1.807) is 20.8 Å². The van der Waals surface area contributed by atoms with Gasteiger partial charge in [-0.3, -0.25) is 9.59 Å². The van der Waals surface area contributed by atoms with E-state index in [2.05, 4.69) is 10.6 Å². The minimum absolute atomic E-state index is 0.0639. The lowest BCUT2D eigenvalue weighted by molar-refractivity contribution is -0.140. The molecule has 1 aliphatic carbocycles. The lowest BCUT2D eigenvalue weighted by Gasteiger charge is -2.32. The Hall–Kier alpha value is -3.39. The molecule has 2 aromatic rings. The highest BCUT2D eigenvalue weighted by Crippen LogP contribution is 2.44. The first-order valence-electron chi connectivity index (χ1n) is 10.8. The Labute approximate surface area is 193 Å². The quantitative estimate of drug-likeness (QED) is 0.536. The number of carbonyl (C=O) groups excluding carboxylic acids is 2. The van der Waals surface area contributed by atoms with Crippen LogP contribution in [0.15, 0.2) is 48.5 Å². The molecule has 2 atom stereocenters. The van der Waals surface area contributed by atoms with Crippen LogP contribution in [-0.2, 0) is 19.1 Å². The molecule has 8 heteroatoms. The van der Waals surface area contributed by atoms with Gasteiger partial charge in [-0.2, -0.15) is 0 Å². The standard InChI is InChI=1S/C25H30N2O6/c1-15(25(2,3)32-4)26-23(30)21(13-22(28)29)27-24(31)33-14-20-18-11-7-5-9-16(18)17-10-6-8-12-19(17)20/h5-12,15,20-21H,13-14H2,1-4H3,(H,26,30)(H,27,31)(H,28,29). The average Bonchev–Trinajstić information content (AvgIpc) is 3.10. The maximum absolute atomic E-state index is 12.7. The summed E-state index contributed by atoms with van der Waals surface area (Å²) in [6, 6.07) is 14.2. The number of carboxylic acids is 1. The van der Waals surface area contributed by atoms with Crippen molar-refractivity contribution in [3.8, 4) is 11.1 Å². The van der Waals surface area contributed by atoms with Crippen molar-refractivity contribution in [1.29, 1.82) is 0 Å². The Morgan fingerprint density at radius 3 is 2.06 bits per heavy atom. The van der Waals surface area contributed by atoms with Crippen molar-refractivity contribution in [2.24, 2.45) is 0 Å². The molecule has 2 aromatic carbocycles. The Bertz CT molecular complexity index is 990. The first-order chi connectivity index (χ1) is 15.6. The first-order valence-corrected chi connectivity index (χ1v) is 10.8. The van der Waals surface area contributed by atoms with Crippen molar-refractivity contribution in [1.82, 2.24) is 10.6 Å². The molecule has 3 rings (SSSR count). The third-order valence-corrected chi connectivity index (χ3v) is 6.26. The SMILES string of the molecule is COC(C)(C)C(C)NC(=O)C(CC(=O)O)NC(=O)OCC1c2ccccc2-c2ccccc21. The van der Waals surface area contributed by atoms with Crippen LogP contribution in [0.3, 0.4) is 0 Å². The molecule has 0 spiro atoms. The van der Waals surface area contributed by atoms with Gasteiger partial charge in [-0.15, -0.1) is 0 Å². The van der Waals surface area contributed by atoms with Gasteiger partial charge in [0.1, 0.15) is 12.6 Å². The topological polar surface area (TPSA) is 114 Å². The zero-order chi connectivity index (χ0) is 24.2. The molecule has 0 saturated carbocycles. The predicted molar refractivity (Wildman–Crippen MR) is 123 cm³/mol. The van der Waals surface area contributed by atoms with Crippen LogP contribution in [-0.4, -0.2) is 54.5 Å². The van der Waals surface area contributed by atoms with Gasteiger partial charge in [-0.05, 0) is 43.0 Å². The van der Waals surface area contributed by atoms with Crippen LogP contribution >= 0.6 is 0 Å². The van der Waals surface area contributed by atoms with E-state index in [1.165, 1.54) is 7.11 Å². The number of fused-ring (bicyclic) bond motifs is 3. The number of aliphatic carboxylic acids is 1. The largest absolute Gasteiger partial charge is 0.481 e. The molecule has 3 N–H and O–H groups in total. The summed E-state index contributed by atoms with van der Waals surface area (Å²) in [6.45, 7) is 5.40. The number of carbonyl (C=O) groups is 3. The van der Waals surface area contributed by atoms with E-state index < -0.39 is 42.1 Å². The average molecular weight is 455 g/mol. The molecule has 176 valence electrons. The van der Waals surface area contributed by atoms with E-state index in [9.17, 15) is 19.5 Å². The van der Waals surface area contributed by atoms with Gasteiger partial charge >= 0.3 is 12.1 Å². The second-order valence-electron chi connectivity index (χ2n) is 8.66. The predicted octanol–water partition coefficient (Wildman–Crippen LogP) is 3.30. The molecule has 2 unspecified atom stereocenters. The van der Waals surface area contributed by atoms with Gasteiger partial charge in [0.2, 0.25) is 5.91 Å². The highest BCUT2D eigenvalue weighted by molar-refractivity contribution is 5.89. The fourth-order valence-electron chi connectivity index (χ4n) is 3.83. The maximum Gasteiger partial charge on any atom is 0.407 e. The monoisotopic (exact) mass is 454 g/mol. The van der Waals surface area contributed by atoms with Crippen LogP contribution < -0.4 is 10.6 Å². The zero-order valence-electron chi connectivity index (χ0n) is 19.3. The van der Waals surface area contributed by atoms with E-state index in [0.717, 1.165) is 22.3 Å². The second kappa shape index (κ2) is 10.0. The third kappa shape index (κ3) is 5.51. The van der Waals surface area contributed by atoms with Gasteiger partial charge in [-0.1, -0.05) is 48.5 Å². The summed E-state index contributed by atoms with van der Waals surface area (Å²) < 4.78 is 10.8. The van der Waals surface area contributed by atoms with E-state index in [4.69, 9.17) is 9.47 Å². The molecule has 0 saturated heterocycles. The van der Waals surface area contributed by atoms with Crippen LogP contribution in [0.1, 0.15) is 44.2 Å². The summed E-state index contributed by atoms with van der Waals surface area (Å²) in [5.41, 5.74) is 3.64. The molecule has 0 radical (unpaired) electrons. The van der Waals surface area contributed by atoms with Crippen molar-refractivity contribution in [3.05, 3.63) is 59.7 Å². The summed E-state index contributed by atoms with van der Waals surface area (Å²) in [6.07, 6.45) is -1.42. The van der Waals surface area contributed by atoms with Gasteiger partial charge in [0.25, 0.3) is 0 Å². The summed E-state index contributed by atoms with van der Waals surface area (Å²) in [5, 5.41) is 14.3. The number of methoxy groups -OCH3 is 1. The summed E-state index contributed by atoms with van der Waals surface area (Å²) >= 11 is 0. The molecule has 8 nitrogen and oxygen atoms in total. The van der Waals surface area contributed by atoms with Crippen LogP contribution in [0, 0.1) is 0 Å². The van der Waals surface area contributed by atoms with Gasteiger partial charge in [0.05, 0.1) is 18.1 Å². The summed E-state index contributed by atoms with van der Waals surface area (Å²) in [7, 11) is 1.52. The van der Waals surface area contributed by atoms with E-state index in [0.29, 0.717) is 0 Å². The number of benzene rings is 2. The Morgan fingerprint density at radius 1 is 1.00 bits per heavy atom. The molecule has 1 aliphatic rings. The van der Waals surface area contributed by atoms with Crippen LogP contribution in [0.5, 0.6) is 0 Å². The number of carboxylic acid groups (broad SMARTS) is 1. The molecule has 0 bridgehead atoms. The lowest BCUT2D eigenvalue weighted by Crippen LogP contribution is -2.55. The fraction of sp³-hybridized carbons (Fsp3) is 0.400. The molecule has 0 heterocycles. The van der Waals surface area contributed by atoms with E-state index >= 15 is 0 Å². The van der Waals surface area contributed by atoms with Gasteiger partial charge in [-0.25, -0.2) is 4.79 Å². The van der Waals surface area contributed by atoms with Crippen molar-refractivity contribution >= 4 is 18.0 Å². The third-order valence-electron chi connectivity index (χ3n) is 6.26. The van der Waals surface area contributed by atoms with Crippen LogP contribution in [0.25, 0.3) is 11.1 Å². The van der Waals surface area contributed by atoms with Crippen LogP contribution in [0.4, 0.5) is 4.79 Å². The Kier molecular flexibility index (Phi) is 7.38. The van der Waals surface area contributed by atoms with Crippen molar-refractivity contribution in [2.45, 2.75) is 50.8 Å². The molecule has 2 amide bonds. The van der Waals surface area contributed by atoms with Crippen molar-refractivity contribution < 1.29 is 29.0 Å². The number of amides is 2. The summed E-state index contributed by atoms with van der Waals surface area (Å²) in [5.74, 6) is -1.98. The normalized spacial score (nSPS) is 14.5. The highest BCUT2D eigenvalue weighted by atomic mass is 16.5. The summed E-state index contributed by atoms with van der Waals surface area (Å²) in [4.78, 5) is 36.5. The number of ether oxygens (including phenoxy) is 2. The lowest BCUT2D eigenvalue weighted by atomic mass is 9.98. The van der Waals surface area contributed by atoms with Crippen molar-refractivity contribution in [2.75, 3.05) is 13.7 Å². The number of hydrogen-bond donors (Lipinski definition) is 3. The van der Waals surface area contributed by atoms with E-state index in [-0.39, 0.29) is 12.5 Å². The first kappa shape index (κ1) is 24.3. The Morgan fingerprint density at radius 2 is 1.55 bits per heavy atom. The van der Waals surface area contributed by atoms with Crippen LogP contribution in [0.2, 0.25) is 0 Å².